The topological polar surface area (TPSA) is 85.0 Å². The average Bonchev–Trinajstić information content (AvgIpc) is 3.25. The van der Waals surface area contributed by atoms with Crippen LogP contribution in [0.5, 0.6) is 0 Å². The van der Waals surface area contributed by atoms with E-state index in [2.05, 4.69) is 20.9 Å². The highest BCUT2D eigenvalue weighted by Gasteiger charge is 2.09. The molecule has 0 bridgehead atoms. The van der Waals surface area contributed by atoms with Gasteiger partial charge < -0.3 is 15.2 Å². The number of hydrogen-bond donors (Lipinski definition) is 2. The van der Waals surface area contributed by atoms with Crippen LogP contribution in [0.25, 0.3) is 0 Å². The molecule has 0 unspecified atom stereocenters. The fourth-order valence-electron chi connectivity index (χ4n) is 2.36. The number of benzene rings is 1. The number of anilines is 1. The van der Waals surface area contributed by atoms with Gasteiger partial charge in [0.2, 0.25) is 0 Å². The van der Waals surface area contributed by atoms with Crippen LogP contribution < -0.4 is 10.6 Å². The Balaban J connectivity index is 1.53. The van der Waals surface area contributed by atoms with Crippen molar-refractivity contribution in [2.45, 2.75) is 32.9 Å². The van der Waals surface area contributed by atoms with Gasteiger partial charge >= 0.3 is 6.03 Å². The van der Waals surface area contributed by atoms with Gasteiger partial charge in [-0.25, -0.2) is 4.79 Å². The molecule has 130 valence electrons. The maximum Gasteiger partial charge on any atom is 0.319 e. The van der Waals surface area contributed by atoms with Crippen LogP contribution in [0.1, 0.15) is 36.8 Å². The molecule has 2 aromatic heterocycles. The minimum absolute atomic E-state index is 0.290. The number of urea groups is 1. The highest BCUT2D eigenvalue weighted by Crippen LogP contribution is 2.14. The van der Waals surface area contributed by atoms with Gasteiger partial charge in [0.05, 0.1) is 18.8 Å². The van der Waals surface area contributed by atoms with E-state index in [1.807, 2.05) is 61.1 Å². The Bertz CT molecular complexity index is 824. The smallest absolute Gasteiger partial charge is 0.319 e. The average molecular weight is 339 g/mol. The van der Waals surface area contributed by atoms with E-state index in [4.69, 9.17) is 4.52 Å². The zero-order chi connectivity index (χ0) is 17.6. The van der Waals surface area contributed by atoms with E-state index in [9.17, 15) is 4.79 Å². The number of nitrogens with one attached hydrogen (secondary N) is 2. The summed E-state index contributed by atoms with van der Waals surface area (Å²) in [6.07, 6.45) is 3.64. The number of rotatable bonds is 6. The van der Waals surface area contributed by atoms with Gasteiger partial charge in [0.25, 0.3) is 0 Å². The summed E-state index contributed by atoms with van der Waals surface area (Å²) in [5.74, 6) is 0.926. The van der Waals surface area contributed by atoms with E-state index >= 15 is 0 Å². The Morgan fingerprint density at radius 1 is 1.28 bits per heavy atom. The molecule has 0 atom stereocenters. The number of carbonyl (C=O) groups excluding carboxylic acids is 1. The Kier molecular flexibility index (Phi) is 5.13. The van der Waals surface area contributed by atoms with Crippen molar-refractivity contribution in [3.63, 3.8) is 0 Å². The molecule has 2 heterocycles. The SMILES string of the molecule is CC(C)c1cc(CNC(=O)Nc2cccc(Cn3cccn3)c2)on1. The molecule has 0 saturated carbocycles. The van der Waals surface area contributed by atoms with Crippen LogP contribution in [0.15, 0.2) is 53.3 Å². The van der Waals surface area contributed by atoms with Gasteiger partial charge in [0, 0.05) is 24.1 Å². The van der Waals surface area contributed by atoms with Crippen LogP contribution in [-0.2, 0) is 13.1 Å². The first-order chi connectivity index (χ1) is 12.1. The van der Waals surface area contributed by atoms with Crippen LogP contribution >= 0.6 is 0 Å². The predicted molar refractivity (Wildman–Crippen MR) is 94.2 cm³/mol. The normalized spacial score (nSPS) is 10.8. The number of aromatic nitrogens is 3. The molecule has 2 amide bonds. The lowest BCUT2D eigenvalue weighted by molar-refractivity contribution is 0.250. The van der Waals surface area contributed by atoms with Crippen LogP contribution in [-0.4, -0.2) is 21.0 Å². The molecule has 0 fully saturated rings. The van der Waals surface area contributed by atoms with Gasteiger partial charge in [-0.05, 0) is 29.7 Å². The van der Waals surface area contributed by atoms with Gasteiger partial charge in [-0.3, -0.25) is 4.68 Å². The second kappa shape index (κ2) is 7.65. The minimum atomic E-state index is -0.293. The minimum Gasteiger partial charge on any atom is -0.359 e. The van der Waals surface area contributed by atoms with E-state index in [0.717, 1.165) is 16.9 Å². The second-order valence-corrected chi connectivity index (χ2v) is 6.08. The molecule has 0 aliphatic heterocycles. The maximum atomic E-state index is 12.1. The summed E-state index contributed by atoms with van der Waals surface area (Å²) in [6.45, 7) is 5.02. The van der Waals surface area contributed by atoms with E-state index in [1.54, 1.807) is 6.20 Å². The molecule has 7 nitrogen and oxygen atoms in total. The van der Waals surface area contributed by atoms with E-state index in [0.29, 0.717) is 24.8 Å². The molecule has 0 radical (unpaired) electrons. The maximum absolute atomic E-state index is 12.1. The molecule has 3 aromatic rings. The summed E-state index contributed by atoms with van der Waals surface area (Å²) >= 11 is 0. The molecule has 0 spiro atoms. The van der Waals surface area contributed by atoms with Gasteiger partial charge in [-0.15, -0.1) is 0 Å². The van der Waals surface area contributed by atoms with E-state index in [-0.39, 0.29) is 6.03 Å². The highest BCUT2D eigenvalue weighted by molar-refractivity contribution is 5.89. The molecular formula is C18H21N5O2. The number of nitrogens with zero attached hydrogens (tertiary/aromatic N) is 3. The summed E-state index contributed by atoms with van der Waals surface area (Å²) in [4.78, 5) is 12.1. The molecule has 0 aliphatic carbocycles. The summed E-state index contributed by atoms with van der Waals surface area (Å²) in [7, 11) is 0. The van der Waals surface area contributed by atoms with Gasteiger partial charge in [-0.1, -0.05) is 31.1 Å². The predicted octanol–water partition coefficient (Wildman–Crippen LogP) is 3.36. The zero-order valence-electron chi connectivity index (χ0n) is 14.3. The van der Waals surface area contributed by atoms with E-state index < -0.39 is 0 Å². The largest absolute Gasteiger partial charge is 0.359 e. The van der Waals surface area contributed by atoms with Gasteiger partial charge in [0.15, 0.2) is 5.76 Å². The van der Waals surface area contributed by atoms with Crippen molar-refractivity contribution in [1.29, 1.82) is 0 Å². The second-order valence-electron chi connectivity index (χ2n) is 6.08. The van der Waals surface area contributed by atoms with Crippen molar-refractivity contribution >= 4 is 11.7 Å². The Morgan fingerprint density at radius 2 is 2.16 bits per heavy atom. The summed E-state index contributed by atoms with van der Waals surface area (Å²) < 4.78 is 7.03. The quantitative estimate of drug-likeness (QED) is 0.721. The van der Waals surface area contributed by atoms with Crippen molar-refractivity contribution in [3.05, 3.63) is 65.8 Å². The Labute approximate surface area is 146 Å². The van der Waals surface area contributed by atoms with Gasteiger partial charge in [0.1, 0.15) is 0 Å². The van der Waals surface area contributed by atoms with Crippen LogP contribution in [0.4, 0.5) is 10.5 Å². The first-order valence-electron chi connectivity index (χ1n) is 8.17. The molecule has 0 aliphatic rings. The molecule has 25 heavy (non-hydrogen) atoms. The van der Waals surface area contributed by atoms with Crippen molar-refractivity contribution in [3.8, 4) is 0 Å². The fourth-order valence-corrected chi connectivity index (χ4v) is 2.36. The van der Waals surface area contributed by atoms with Gasteiger partial charge in [-0.2, -0.15) is 5.10 Å². The third kappa shape index (κ3) is 4.69. The summed E-state index contributed by atoms with van der Waals surface area (Å²) in [5.41, 5.74) is 2.66. The van der Waals surface area contributed by atoms with Crippen LogP contribution in [0.3, 0.4) is 0 Å². The third-order valence-electron chi connectivity index (χ3n) is 3.68. The Morgan fingerprint density at radius 3 is 2.88 bits per heavy atom. The monoisotopic (exact) mass is 339 g/mol. The van der Waals surface area contributed by atoms with Crippen LogP contribution in [0.2, 0.25) is 0 Å². The molecular weight excluding hydrogens is 318 g/mol. The third-order valence-corrected chi connectivity index (χ3v) is 3.68. The zero-order valence-corrected chi connectivity index (χ0v) is 14.3. The fraction of sp³-hybridized carbons (Fsp3) is 0.278. The number of amides is 2. The van der Waals surface area contributed by atoms with Crippen molar-refractivity contribution < 1.29 is 9.32 Å². The van der Waals surface area contributed by atoms with Crippen molar-refractivity contribution in [2.75, 3.05) is 5.32 Å². The molecule has 0 saturated heterocycles. The standard InChI is InChI=1S/C18H21N5O2/c1-13(2)17-10-16(25-22-17)11-19-18(24)21-15-6-3-5-14(9-15)12-23-8-4-7-20-23/h3-10,13H,11-12H2,1-2H3,(H2,19,21,24). The lowest BCUT2D eigenvalue weighted by Crippen LogP contribution is -2.28. The Hall–Kier alpha value is -3.09. The first-order valence-corrected chi connectivity index (χ1v) is 8.17. The summed E-state index contributed by atoms with van der Waals surface area (Å²) in [5, 5.41) is 13.7. The molecule has 2 N–H and O–H groups in total. The van der Waals surface area contributed by atoms with E-state index in [1.165, 1.54) is 0 Å². The molecule has 7 heteroatoms. The molecule has 1 aromatic carbocycles. The number of carbonyl (C=O) groups is 1. The van der Waals surface area contributed by atoms with Crippen LogP contribution in [0, 0.1) is 0 Å². The summed E-state index contributed by atoms with van der Waals surface area (Å²) in [6, 6.07) is 11.1. The number of hydrogen-bond acceptors (Lipinski definition) is 4. The van der Waals surface area contributed by atoms with Crippen molar-refractivity contribution in [1.82, 2.24) is 20.3 Å². The van der Waals surface area contributed by atoms with Crippen molar-refractivity contribution in [2.24, 2.45) is 0 Å². The first kappa shape index (κ1) is 16.8. The molecule has 3 rings (SSSR count). The lowest BCUT2D eigenvalue weighted by Gasteiger charge is -2.08. The lowest BCUT2D eigenvalue weighted by atomic mass is 10.1. The highest BCUT2D eigenvalue weighted by atomic mass is 16.5.